The van der Waals surface area contributed by atoms with Crippen molar-refractivity contribution in [2.75, 3.05) is 6.61 Å². The molecule has 0 aliphatic rings. The molecule has 0 amide bonds. The molecule has 0 heterocycles. The predicted octanol–water partition coefficient (Wildman–Crippen LogP) is 0.159. The number of hydrogen-bond acceptors (Lipinski definition) is 6. The Hall–Kier alpha value is -1.69. The van der Waals surface area contributed by atoms with Crippen LogP contribution in [0.15, 0.2) is 12.7 Å². The molecule has 0 aromatic heterocycles. The summed E-state index contributed by atoms with van der Waals surface area (Å²) in [6.07, 6.45) is 0.803. The Morgan fingerprint density at radius 2 is 2.13 bits per heavy atom. The van der Waals surface area contributed by atoms with Crippen LogP contribution in [-0.2, 0) is 19.1 Å². The SMILES string of the molecule is C=CCOC(=O)OC(=O)CCC(N)C=O. The summed E-state index contributed by atoms with van der Waals surface area (Å²) in [4.78, 5) is 31.7. The molecule has 15 heavy (non-hydrogen) atoms. The first kappa shape index (κ1) is 13.3. The van der Waals surface area contributed by atoms with Gasteiger partial charge in [0, 0.05) is 6.42 Å². The van der Waals surface area contributed by atoms with Crippen LogP contribution >= 0.6 is 0 Å². The minimum atomic E-state index is -1.08. The summed E-state index contributed by atoms with van der Waals surface area (Å²) >= 11 is 0. The third-order valence-corrected chi connectivity index (χ3v) is 1.37. The zero-order valence-corrected chi connectivity index (χ0v) is 8.18. The van der Waals surface area contributed by atoms with Crippen LogP contribution in [0, 0.1) is 0 Å². The van der Waals surface area contributed by atoms with Crippen molar-refractivity contribution in [3.63, 3.8) is 0 Å². The van der Waals surface area contributed by atoms with Crippen LogP contribution < -0.4 is 5.73 Å². The standard InChI is InChI=1S/C9H13NO5/c1-2-5-14-9(13)15-8(12)4-3-7(10)6-11/h2,6-7H,1,3-5,10H2. The highest BCUT2D eigenvalue weighted by molar-refractivity contribution is 5.82. The summed E-state index contributed by atoms with van der Waals surface area (Å²) in [7, 11) is 0. The molecule has 0 saturated heterocycles. The number of carbonyl (C=O) groups is 3. The minimum Gasteiger partial charge on any atom is -0.430 e. The number of esters is 1. The zero-order chi connectivity index (χ0) is 11.7. The first-order valence-corrected chi connectivity index (χ1v) is 4.29. The molecule has 6 heteroatoms. The molecule has 0 rings (SSSR count). The van der Waals surface area contributed by atoms with Crippen LogP contribution in [-0.4, -0.2) is 31.1 Å². The normalized spacial score (nSPS) is 11.3. The minimum absolute atomic E-state index is 0.0278. The van der Waals surface area contributed by atoms with Crippen LogP contribution in [0.3, 0.4) is 0 Å². The van der Waals surface area contributed by atoms with Gasteiger partial charge in [0.25, 0.3) is 0 Å². The van der Waals surface area contributed by atoms with Gasteiger partial charge in [0.05, 0.1) is 6.04 Å². The second kappa shape index (κ2) is 7.69. The number of hydrogen-bond donors (Lipinski definition) is 1. The molecule has 0 aliphatic heterocycles. The summed E-state index contributed by atoms with van der Waals surface area (Å²) in [5, 5.41) is 0. The molecule has 0 aromatic carbocycles. The van der Waals surface area contributed by atoms with Crippen molar-refractivity contribution in [2.24, 2.45) is 5.73 Å². The maximum atomic E-state index is 10.9. The Morgan fingerprint density at radius 1 is 1.47 bits per heavy atom. The summed E-state index contributed by atoms with van der Waals surface area (Å²) < 4.78 is 8.62. The summed E-state index contributed by atoms with van der Waals surface area (Å²) in [5.74, 6) is -0.777. The van der Waals surface area contributed by atoms with E-state index in [0.717, 1.165) is 0 Å². The Balaban J connectivity index is 3.68. The van der Waals surface area contributed by atoms with Crippen LogP contribution in [0.1, 0.15) is 12.8 Å². The van der Waals surface area contributed by atoms with Crippen LogP contribution in [0.4, 0.5) is 4.79 Å². The van der Waals surface area contributed by atoms with Gasteiger partial charge in [-0.1, -0.05) is 12.7 Å². The third kappa shape index (κ3) is 7.39. The van der Waals surface area contributed by atoms with E-state index >= 15 is 0 Å². The van der Waals surface area contributed by atoms with Crippen molar-refractivity contribution < 1.29 is 23.9 Å². The molecule has 0 radical (unpaired) electrons. The van der Waals surface area contributed by atoms with Gasteiger partial charge < -0.3 is 20.0 Å². The quantitative estimate of drug-likeness (QED) is 0.293. The zero-order valence-electron chi connectivity index (χ0n) is 8.18. The second-order valence-corrected chi connectivity index (χ2v) is 2.66. The van der Waals surface area contributed by atoms with Crippen molar-refractivity contribution in [1.29, 1.82) is 0 Å². The molecule has 6 nitrogen and oxygen atoms in total. The van der Waals surface area contributed by atoms with Gasteiger partial charge in [0.2, 0.25) is 0 Å². The summed E-state index contributed by atoms with van der Waals surface area (Å²) in [6.45, 7) is 3.28. The van der Waals surface area contributed by atoms with Gasteiger partial charge in [0.15, 0.2) is 0 Å². The summed E-state index contributed by atoms with van der Waals surface area (Å²) in [5.41, 5.74) is 5.23. The third-order valence-electron chi connectivity index (χ3n) is 1.37. The first-order chi connectivity index (χ1) is 7.10. The fourth-order valence-corrected chi connectivity index (χ4v) is 0.653. The van der Waals surface area contributed by atoms with Crippen molar-refractivity contribution >= 4 is 18.4 Å². The topological polar surface area (TPSA) is 95.7 Å². The molecule has 2 N–H and O–H groups in total. The van der Waals surface area contributed by atoms with Crippen LogP contribution in [0.5, 0.6) is 0 Å². The van der Waals surface area contributed by atoms with E-state index in [2.05, 4.69) is 16.1 Å². The largest absolute Gasteiger partial charge is 0.516 e. The lowest BCUT2D eigenvalue weighted by atomic mass is 10.2. The van der Waals surface area contributed by atoms with E-state index in [9.17, 15) is 14.4 Å². The molecule has 0 saturated carbocycles. The average molecular weight is 215 g/mol. The van der Waals surface area contributed by atoms with Crippen molar-refractivity contribution in [3.05, 3.63) is 12.7 Å². The Bertz CT molecular complexity index is 251. The number of rotatable bonds is 6. The Morgan fingerprint density at radius 3 is 2.67 bits per heavy atom. The van der Waals surface area contributed by atoms with Crippen molar-refractivity contribution in [3.8, 4) is 0 Å². The molecule has 0 bridgehead atoms. The van der Waals surface area contributed by atoms with E-state index in [-0.39, 0.29) is 19.4 Å². The smallest absolute Gasteiger partial charge is 0.430 e. The first-order valence-electron chi connectivity index (χ1n) is 4.29. The molecule has 84 valence electrons. The van der Waals surface area contributed by atoms with Crippen molar-refractivity contribution in [2.45, 2.75) is 18.9 Å². The van der Waals surface area contributed by atoms with Gasteiger partial charge in [-0.2, -0.15) is 0 Å². The lowest BCUT2D eigenvalue weighted by Gasteiger charge is -2.03. The van der Waals surface area contributed by atoms with Gasteiger partial charge in [-0.05, 0) is 6.42 Å². The number of nitrogens with two attached hydrogens (primary N) is 1. The van der Waals surface area contributed by atoms with E-state index in [4.69, 9.17) is 5.73 Å². The van der Waals surface area contributed by atoms with Gasteiger partial charge in [-0.15, -0.1) is 0 Å². The van der Waals surface area contributed by atoms with E-state index in [1.165, 1.54) is 6.08 Å². The number of carbonyl (C=O) groups excluding carboxylic acids is 3. The van der Waals surface area contributed by atoms with E-state index in [0.29, 0.717) is 6.29 Å². The highest BCUT2D eigenvalue weighted by Crippen LogP contribution is 1.97. The fourth-order valence-electron chi connectivity index (χ4n) is 0.653. The second-order valence-electron chi connectivity index (χ2n) is 2.66. The van der Waals surface area contributed by atoms with E-state index < -0.39 is 18.2 Å². The Labute approximate surface area is 87.0 Å². The van der Waals surface area contributed by atoms with Crippen LogP contribution in [0.2, 0.25) is 0 Å². The summed E-state index contributed by atoms with van der Waals surface area (Å²) in [6, 6.07) is -0.721. The van der Waals surface area contributed by atoms with Gasteiger partial charge in [-0.3, -0.25) is 4.79 Å². The van der Waals surface area contributed by atoms with Crippen molar-refractivity contribution in [1.82, 2.24) is 0 Å². The molecule has 0 aromatic rings. The lowest BCUT2D eigenvalue weighted by Crippen LogP contribution is -2.23. The lowest BCUT2D eigenvalue weighted by molar-refractivity contribution is -0.139. The number of aldehydes is 1. The van der Waals surface area contributed by atoms with Gasteiger partial charge >= 0.3 is 12.1 Å². The molecular weight excluding hydrogens is 202 g/mol. The average Bonchev–Trinajstić information content (AvgIpc) is 2.22. The Kier molecular flexibility index (Phi) is 6.82. The predicted molar refractivity (Wildman–Crippen MR) is 50.9 cm³/mol. The highest BCUT2D eigenvalue weighted by atomic mass is 16.7. The highest BCUT2D eigenvalue weighted by Gasteiger charge is 2.12. The molecule has 0 fully saturated rings. The van der Waals surface area contributed by atoms with Gasteiger partial charge in [0.1, 0.15) is 12.9 Å². The molecule has 1 unspecified atom stereocenters. The fraction of sp³-hybridized carbons (Fsp3) is 0.444. The molecule has 1 atom stereocenters. The van der Waals surface area contributed by atoms with E-state index in [1.54, 1.807) is 0 Å². The maximum absolute atomic E-state index is 10.9. The van der Waals surface area contributed by atoms with Crippen LogP contribution in [0.25, 0.3) is 0 Å². The monoisotopic (exact) mass is 215 g/mol. The molecule has 0 aliphatic carbocycles. The molecular formula is C9H13NO5. The van der Waals surface area contributed by atoms with Gasteiger partial charge in [-0.25, -0.2) is 4.79 Å². The molecule has 0 spiro atoms. The van der Waals surface area contributed by atoms with E-state index in [1.807, 2.05) is 0 Å². The maximum Gasteiger partial charge on any atom is 0.516 e. The number of ether oxygens (including phenoxy) is 2.